The second-order valence-corrected chi connectivity index (χ2v) is 1.25. The van der Waals surface area contributed by atoms with Crippen LogP contribution in [0.15, 0.2) is 11.7 Å². The first kappa shape index (κ1) is 11.9. The van der Waals surface area contributed by atoms with E-state index in [0.717, 1.165) is 0 Å². The number of ether oxygens (including phenoxy) is 2. The van der Waals surface area contributed by atoms with Crippen molar-refractivity contribution in [3.8, 4) is 0 Å². The summed E-state index contributed by atoms with van der Waals surface area (Å²) in [5.74, 6) is -0.153. The summed E-state index contributed by atoms with van der Waals surface area (Å²) in [6.45, 7) is 1.55. The zero-order chi connectivity index (χ0) is 6.57. The van der Waals surface area contributed by atoms with Gasteiger partial charge in [0, 0.05) is 0 Å². The van der Waals surface area contributed by atoms with Gasteiger partial charge in [0.1, 0.15) is 5.76 Å². The van der Waals surface area contributed by atoms with Gasteiger partial charge in [-0.1, -0.05) is 0 Å². The van der Waals surface area contributed by atoms with Crippen LogP contribution in [-0.4, -0.2) is 14.2 Å². The molecule has 48 valence electrons. The molecule has 0 aliphatic rings. The zero-order valence-corrected chi connectivity index (χ0v) is 8.22. The maximum Gasteiger partial charge on any atom is 1.00 e. The molecule has 0 rings (SSSR count). The molecular weight excluding hydrogens is 131 g/mol. The largest absolute Gasteiger partial charge is 1.00 e. The Bertz CT molecular complexity index is 88.4. The summed E-state index contributed by atoms with van der Waals surface area (Å²) < 4.78 is 8.85. The second-order valence-electron chi connectivity index (χ2n) is 1.25. The predicted molar refractivity (Wildman–Crippen MR) is 26.7 cm³/mol. The average molecular weight is 140 g/mol. The van der Waals surface area contributed by atoms with Crippen molar-refractivity contribution in [1.82, 2.24) is 0 Å². The maximum atomic E-state index is 10.4. The van der Waals surface area contributed by atoms with Crippen LogP contribution >= 0.6 is 0 Å². The Morgan fingerprint density at radius 3 is 1.78 bits per heavy atom. The van der Waals surface area contributed by atoms with Crippen molar-refractivity contribution < 1.29 is 44.1 Å². The van der Waals surface area contributed by atoms with Gasteiger partial charge in [-0.25, -0.2) is 0 Å². The predicted octanol–water partition coefficient (Wildman–Crippen LogP) is -3.17. The Morgan fingerprint density at radius 2 is 1.67 bits per heavy atom. The monoisotopic (exact) mass is 140 g/mol. The third-order valence-corrected chi connectivity index (χ3v) is 0.779. The van der Waals surface area contributed by atoms with Crippen molar-refractivity contribution in [3.05, 3.63) is 11.7 Å². The summed E-state index contributed by atoms with van der Waals surface area (Å²) in [5, 5.41) is 10.4. The van der Waals surface area contributed by atoms with E-state index in [9.17, 15) is 5.11 Å². The van der Waals surface area contributed by atoms with E-state index >= 15 is 0 Å². The molecule has 0 N–H and O–H groups in total. The molecule has 0 saturated heterocycles. The van der Waals surface area contributed by atoms with Gasteiger partial charge >= 0.3 is 29.6 Å². The number of rotatable bonds is 2. The molecule has 0 aliphatic heterocycles. The van der Waals surface area contributed by atoms with E-state index in [2.05, 4.69) is 9.47 Å². The van der Waals surface area contributed by atoms with Gasteiger partial charge in [0.25, 0.3) is 0 Å². The smallest absolute Gasteiger partial charge is 0.614 e. The van der Waals surface area contributed by atoms with E-state index in [4.69, 9.17) is 0 Å². The summed E-state index contributed by atoms with van der Waals surface area (Å²) >= 11 is 0. The van der Waals surface area contributed by atoms with Crippen LogP contribution in [0.2, 0.25) is 0 Å². The summed E-state index contributed by atoms with van der Waals surface area (Å²) in [7, 11) is 2.73. The quantitative estimate of drug-likeness (QED) is 0.300. The van der Waals surface area contributed by atoms with Crippen molar-refractivity contribution in [2.24, 2.45) is 0 Å². The molecule has 0 amide bonds. The third kappa shape index (κ3) is 4.63. The van der Waals surface area contributed by atoms with Crippen LogP contribution in [0.3, 0.4) is 0 Å². The molecule has 0 aromatic carbocycles. The molecule has 4 heteroatoms. The van der Waals surface area contributed by atoms with Crippen LogP contribution in [0.5, 0.6) is 0 Å². The Balaban J connectivity index is 0. The van der Waals surface area contributed by atoms with Crippen molar-refractivity contribution in [2.75, 3.05) is 14.2 Å². The molecule has 0 spiro atoms. The number of hydrogen-bond donors (Lipinski definition) is 0. The van der Waals surface area contributed by atoms with Crippen LogP contribution in [-0.2, 0) is 9.47 Å². The number of methoxy groups -OCH3 is 2. The van der Waals surface area contributed by atoms with E-state index in [1.165, 1.54) is 14.2 Å². The van der Waals surface area contributed by atoms with Crippen molar-refractivity contribution in [1.29, 1.82) is 0 Å². The first-order valence-corrected chi connectivity index (χ1v) is 2.18. The molecule has 3 nitrogen and oxygen atoms in total. The average Bonchev–Trinajstić information content (AvgIpc) is 1.84. The van der Waals surface area contributed by atoms with Gasteiger partial charge in [-0.15, -0.1) is 0 Å². The van der Waals surface area contributed by atoms with E-state index in [-0.39, 0.29) is 35.3 Å². The van der Waals surface area contributed by atoms with Gasteiger partial charge in [-0.2, -0.15) is 0 Å². The third-order valence-electron chi connectivity index (χ3n) is 0.779. The summed E-state index contributed by atoms with van der Waals surface area (Å²) in [5.41, 5.74) is 0. The van der Waals surface area contributed by atoms with E-state index in [0.29, 0.717) is 0 Å². The normalized spacial score (nSPS) is 11.0. The summed E-state index contributed by atoms with van der Waals surface area (Å²) in [4.78, 5) is 0. The summed E-state index contributed by atoms with van der Waals surface area (Å²) in [6, 6.07) is 0. The van der Waals surface area contributed by atoms with Crippen LogP contribution < -0.4 is 34.7 Å². The Kier molecular flexibility index (Phi) is 8.27. The van der Waals surface area contributed by atoms with E-state index in [1.807, 2.05) is 0 Å². The molecule has 9 heavy (non-hydrogen) atoms. The zero-order valence-electron chi connectivity index (χ0n) is 6.22. The molecule has 0 unspecified atom stereocenters. The molecule has 0 heterocycles. The van der Waals surface area contributed by atoms with Crippen LogP contribution in [0.1, 0.15) is 6.92 Å². The fraction of sp³-hybridized carbons (Fsp3) is 0.600. The molecule has 0 radical (unpaired) electrons. The standard InChI is InChI=1S/C5H10O3.Na/c1-4(7-2)5(6)8-3;/h6H,1-3H3;/q;+1/p-1. The molecule has 0 aromatic rings. The van der Waals surface area contributed by atoms with E-state index in [1.54, 1.807) is 6.92 Å². The molecule has 0 bridgehead atoms. The van der Waals surface area contributed by atoms with Crippen molar-refractivity contribution in [2.45, 2.75) is 6.92 Å². The maximum absolute atomic E-state index is 10.4. The van der Waals surface area contributed by atoms with Crippen LogP contribution in [0, 0.1) is 0 Å². The molecular formula is C5H9NaO3. The van der Waals surface area contributed by atoms with Gasteiger partial charge in [0.15, 0.2) is 0 Å². The minimum absolute atomic E-state index is 0. The van der Waals surface area contributed by atoms with Crippen LogP contribution in [0.4, 0.5) is 0 Å². The molecule has 0 aliphatic carbocycles. The van der Waals surface area contributed by atoms with Crippen molar-refractivity contribution >= 4 is 0 Å². The van der Waals surface area contributed by atoms with Crippen LogP contribution in [0.25, 0.3) is 0 Å². The van der Waals surface area contributed by atoms with E-state index < -0.39 is 5.95 Å². The summed E-state index contributed by atoms with van der Waals surface area (Å²) in [6.07, 6.45) is 0. The SMILES string of the molecule is COC(C)=C([O-])OC.[Na+]. The van der Waals surface area contributed by atoms with Crippen molar-refractivity contribution in [3.63, 3.8) is 0 Å². The topological polar surface area (TPSA) is 41.5 Å². The first-order chi connectivity index (χ1) is 3.72. The van der Waals surface area contributed by atoms with Gasteiger partial charge in [0.2, 0.25) is 0 Å². The first-order valence-electron chi connectivity index (χ1n) is 2.18. The number of hydrogen-bond acceptors (Lipinski definition) is 3. The minimum Gasteiger partial charge on any atom is -0.614 e. The van der Waals surface area contributed by atoms with Gasteiger partial charge in [0.05, 0.1) is 13.1 Å². The fourth-order valence-electron chi connectivity index (χ4n) is 0.227. The van der Waals surface area contributed by atoms with Gasteiger partial charge in [-0.05, 0) is 14.0 Å². The second kappa shape index (κ2) is 6.26. The fourth-order valence-corrected chi connectivity index (χ4v) is 0.227. The Morgan fingerprint density at radius 1 is 1.22 bits per heavy atom. The molecule has 0 atom stereocenters. The molecule has 0 fully saturated rings. The minimum atomic E-state index is -0.424. The Hall–Kier alpha value is 0.140. The van der Waals surface area contributed by atoms with Gasteiger partial charge in [-0.3, -0.25) is 0 Å². The molecule has 0 saturated carbocycles. The Labute approximate surface area is 76.9 Å². The van der Waals surface area contributed by atoms with Gasteiger partial charge < -0.3 is 14.6 Å². The molecule has 0 aromatic heterocycles. The number of allylic oxidation sites excluding steroid dienone is 1.